The van der Waals surface area contributed by atoms with Crippen molar-refractivity contribution in [3.8, 4) is 5.75 Å². The number of methoxy groups -OCH3 is 1. The Morgan fingerprint density at radius 2 is 2.22 bits per heavy atom. The molecular formula is C22H28N2O3. The lowest BCUT2D eigenvalue weighted by atomic mass is 9.72. The molecular weight excluding hydrogens is 340 g/mol. The summed E-state index contributed by atoms with van der Waals surface area (Å²) in [7, 11) is 1.66. The second-order valence-corrected chi connectivity index (χ2v) is 7.83. The molecule has 5 rings (SSSR count). The first-order valence-electron chi connectivity index (χ1n) is 9.94. The summed E-state index contributed by atoms with van der Waals surface area (Å²) in [6, 6.07) is 8.10. The highest BCUT2D eigenvalue weighted by atomic mass is 16.5. The average molecular weight is 368 g/mol. The first-order valence-corrected chi connectivity index (χ1v) is 9.94. The van der Waals surface area contributed by atoms with Gasteiger partial charge in [-0.15, -0.1) is 0 Å². The Morgan fingerprint density at radius 1 is 1.37 bits per heavy atom. The summed E-state index contributed by atoms with van der Waals surface area (Å²) in [6.45, 7) is 5.99. The molecule has 3 aliphatic rings. The van der Waals surface area contributed by atoms with E-state index in [1.807, 2.05) is 30.5 Å². The van der Waals surface area contributed by atoms with Crippen LogP contribution in [0.4, 0.5) is 0 Å². The van der Waals surface area contributed by atoms with Gasteiger partial charge in [-0.3, -0.25) is 14.7 Å². The fourth-order valence-electron chi connectivity index (χ4n) is 5.01. The Balaban J connectivity index is 1.75. The minimum atomic E-state index is -0.277. The zero-order valence-electron chi connectivity index (χ0n) is 16.4. The third-order valence-corrected chi connectivity index (χ3v) is 6.39. The van der Waals surface area contributed by atoms with E-state index in [2.05, 4.69) is 16.8 Å². The minimum Gasteiger partial charge on any atom is -0.497 e. The molecule has 1 aromatic heterocycles. The maximum absolute atomic E-state index is 12.0. The van der Waals surface area contributed by atoms with Gasteiger partial charge in [-0.1, -0.05) is 13.3 Å². The van der Waals surface area contributed by atoms with Crippen LogP contribution in [-0.4, -0.2) is 42.1 Å². The number of carbonyl (C=O) groups is 1. The smallest absolute Gasteiger partial charge is 0.303 e. The largest absolute Gasteiger partial charge is 0.497 e. The molecule has 5 heteroatoms. The molecule has 0 N–H and O–H groups in total. The molecule has 144 valence electrons. The quantitative estimate of drug-likeness (QED) is 0.748. The van der Waals surface area contributed by atoms with E-state index in [4.69, 9.17) is 9.47 Å². The molecule has 27 heavy (non-hydrogen) atoms. The lowest BCUT2D eigenvalue weighted by Gasteiger charge is -2.51. The van der Waals surface area contributed by atoms with Gasteiger partial charge < -0.3 is 9.47 Å². The molecule has 0 saturated carbocycles. The second-order valence-electron chi connectivity index (χ2n) is 7.83. The number of piperidine rings is 3. The van der Waals surface area contributed by atoms with E-state index in [-0.39, 0.29) is 18.1 Å². The van der Waals surface area contributed by atoms with Crippen LogP contribution in [0.2, 0.25) is 0 Å². The van der Waals surface area contributed by atoms with E-state index in [0.717, 1.165) is 53.6 Å². The van der Waals surface area contributed by atoms with E-state index >= 15 is 0 Å². The number of esters is 1. The summed E-state index contributed by atoms with van der Waals surface area (Å²) >= 11 is 0. The highest BCUT2D eigenvalue weighted by molar-refractivity contribution is 5.84. The molecule has 4 unspecified atom stereocenters. The normalized spacial score (nSPS) is 28.1. The summed E-state index contributed by atoms with van der Waals surface area (Å²) < 4.78 is 11.3. The molecule has 3 aliphatic heterocycles. The molecule has 0 spiro atoms. The van der Waals surface area contributed by atoms with Gasteiger partial charge >= 0.3 is 5.97 Å². The van der Waals surface area contributed by atoms with Crippen LogP contribution in [-0.2, 0) is 9.53 Å². The van der Waals surface area contributed by atoms with E-state index in [1.165, 1.54) is 19.8 Å². The number of carbonyl (C=O) groups excluding carboxylic acids is 1. The molecule has 3 saturated heterocycles. The molecule has 0 amide bonds. The standard InChI is InChI=1S/C22H28N2O3/c1-4-15-13-24-10-8-16(15)11-21(24)22(27-14(2)25)18-7-9-23-20-6-5-17(26-3)12-19(18)20/h5-7,9,12,15-16,21-22H,4,8,10-11,13H2,1-3H3/t15?,16?,21?,22-/m0/s1. The fourth-order valence-corrected chi connectivity index (χ4v) is 5.01. The van der Waals surface area contributed by atoms with Crippen LogP contribution in [0, 0.1) is 11.8 Å². The van der Waals surface area contributed by atoms with Crippen molar-refractivity contribution >= 4 is 16.9 Å². The van der Waals surface area contributed by atoms with Crippen molar-refractivity contribution in [1.82, 2.24) is 9.88 Å². The van der Waals surface area contributed by atoms with Crippen molar-refractivity contribution in [3.05, 3.63) is 36.0 Å². The van der Waals surface area contributed by atoms with Gasteiger partial charge in [0, 0.05) is 30.6 Å². The molecule has 4 heterocycles. The van der Waals surface area contributed by atoms with Gasteiger partial charge in [0.1, 0.15) is 11.9 Å². The van der Waals surface area contributed by atoms with E-state index < -0.39 is 0 Å². The first kappa shape index (κ1) is 18.2. The van der Waals surface area contributed by atoms with Crippen molar-refractivity contribution in [1.29, 1.82) is 0 Å². The number of benzene rings is 1. The van der Waals surface area contributed by atoms with Crippen LogP contribution in [0.15, 0.2) is 30.5 Å². The van der Waals surface area contributed by atoms with Crippen molar-refractivity contribution in [2.45, 2.75) is 45.3 Å². The SMILES string of the molecule is CCC1CN2CCC1CC2[C@@H](OC(C)=O)c1ccnc2ccc(OC)cc12. The molecule has 5 atom stereocenters. The van der Waals surface area contributed by atoms with Gasteiger partial charge in [0.15, 0.2) is 0 Å². The fraction of sp³-hybridized carbons (Fsp3) is 0.545. The first-order chi connectivity index (χ1) is 13.1. The average Bonchev–Trinajstić information content (AvgIpc) is 2.71. The highest BCUT2D eigenvalue weighted by Crippen LogP contribution is 2.44. The van der Waals surface area contributed by atoms with Crippen molar-refractivity contribution in [3.63, 3.8) is 0 Å². The lowest BCUT2D eigenvalue weighted by molar-refractivity contribution is -0.155. The molecule has 3 fully saturated rings. The van der Waals surface area contributed by atoms with Gasteiger partial charge in [-0.25, -0.2) is 0 Å². The number of aromatic nitrogens is 1. The maximum atomic E-state index is 12.0. The zero-order chi connectivity index (χ0) is 19.0. The molecule has 2 bridgehead atoms. The highest BCUT2D eigenvalue weighted by Gasteiger charge is 2.44. The Morgan fingerprint density at radius 3 is 2.89 bits per heavy atom. The van der Waals surface area contributed by atoms with Crippen LogP contribution >= 0.6 is 0 Å². The van der Waals surface area contributed by atoms with E-state index in [0.29, 0.717) is 0 Å². The van der Waals surface area contributed by atoms with Crippen molar-refractivity contribution in [2.75, 3.05) is 20.2 Å². The third kappa shape index (κ3) is 3.41. The van der Waals surface area contributed by atoms with Gasteiger partial charge in [0.05, 0.1) is 18.7 Å². The van der Waals surface area contributed by atoms with Crippen molar-refractivity contribution in [2.24, 2.45) is 11.8 Å². The molecule has 2 aromatic rings. The van der Waals surface area contributed by atoms with Gasteiger partial charge in [0.25, 0.3) is 0 Å². The topological polar surface area (TPSA) is 51.7 Å². The van der Waals surface area contributed by atoms with Crippen LogP contribution in [0.1, 0.15) is 44.8 Å². The minimum absolute atomic E-state index is 0.229. The van der Waals surface area contributed by atoms with Gasteiger partial charge in [-0.05, 0) is 55.5 Å². The number of hydrogen-bond donors (Lipinski definition) is 0. The number of rotatable bonds is 5. The van der Waals surface area contributed by atoms with Gasteiger partial charge in [0.2, 0.25) is 0 Å². The summed E-state index contributed by atoms with van der Waals surface area (Å²) in [6.07, 6.45) is 5.10. The lowest BCUT2D eigenvalue weighted by Crippen LogP contribution is -2.55. The number of pyridine rings is 1. The number of fused-ring (bicyclic) bond motifs is 4. The number of hydrogen-bond acceptors (Lipinski definition) is 5. The Labute approximate surface area is 160 Å². The number of ether oxygens (including phenoxy) is 2. The predicted molar refractivity (Wildman–Crippen MR) is 105 cm³/mol. The predicted octanol–water partition coefficient (Wildman–Crippen LogP) is 3.97. The third-order valence-electron chi connectivity index (χ3n) is 6.39. The molecule has 0 aliphatic carbocycles. The number of nitrogens with zero attached hydrogens (tertiary/aromatic N) is 2. The van der Waals surface area contributed by atoms with Crippen LogP contribution in [0.5, 0.6) is 5.75 Å². The second kappa shape index (κ2) is 7.47. The Kier molecular flexibility index (Phi) is 5.04. The van der Waals surface area contributed by atoms with Crippen molar-refractivity contribution < 1.29 is 14.3 Å². The van der Waals surface area contributed by atoms with E-state index in [1.54, 1.807) is 7.11 Å². The summed E-state index contributed by atoms with van der Waals surface area (Å²) in [5, 5.41) is 0.998. The summed E-state index contributed by atoms with van der Waals surface area (Å²) in [4.78, 5) is 19.0. The molecule has 1 aromatic carbocycles. The Bertz CT molecular complexity index is 837. The summed E-state index contributed by atoms with van der Waals surface area (Å²) in [5.74, 6) is 2.05. The molecule has 0 radical (unpaired) electrons. The molecule has 5 nitrogen and oxygen atoms in total. The van der Waals surface area contributed by atoms with Crippen LogP contribution < -0.4 is 4.74 Å². The van der Waals surface area contributed by atoms with E-state index in [9.17, 15) is 4.79 Å². The maximum Gasteiger partial charge on any atom is 0.303 e. The zero-order valence-corrected chi connectivity index (χ0v) is 16.4. The Hall–Kier alpha value is -2.14. The monoisotopic (exact) mass is 368 g/mol. The van der Waals surface area contributed by atoms with Crippen LogP contribution in [0.25, 0.3) is 10.9 Å². The van der Waals surface area contributed by atoms with Crippen LogP contribution in [0.3, 0.4) is 0 Å². The van der Waals surface area contributed by atoms with Gasteiger partial charge in [-0.2, -0.15) is 0 Å². The summed E-state index contributed by atoms with van der Waals surface area (Å²) in [5.41, 5.74) is 1.92.